The fourth-order valence-corrected chi connectivity index (χ4v) is 6.27. The zero-order valence-corrected chi connectivity index (χ0v) is 31.3. The van der Waals surface area contributed by atoms with Crippen molar-refractivity contribution in [2.45, 2.75) is 162 Å². The summed E-state index contributed by atoms with van der Waals surface area (Å²) in [7, 11) is 0. The molecule has 0 spiro atoms. The van der Waals surface area contributed by atoms with Crippen LogP contribution in [0.3, 0.4) is 0 Å². The molecule has 2 aliphatic heterocycles. The molecule has 2 heterocycles. The van der Waals surface area contributed by atoms with Crippen molar-refractivity contribution in [2.24, 2.45) is 5.92 Å². The first kappa shape index (κ1) is 41.8. The van der Waals surface area contributed by atoms with Crippen LogP contribution in [0, 0.1) is 5.92 Å². The maximum atomic E-state index is 12.6. The largest absolute Gasteiger partial charge is 0.454 e. The molecule has 10 atom stereocenters. The molecule has 4 unspecified atom stereocenters. The lowest BCUT2D eigenvalue weighted by atomic mass is 9.88. The van der Waals surface area contributed by atoms with Gasteiger partial charge < -0.3 is 42.6 Å². The van der Waals surface area contributed by atoms with Crippen LogP contribution in [0.1, 0.15) is 105 Å². The van der Waals surface area contributed by atoms with Crippen molar-refractivity contribution in [3.63, 3.8) is 0 Å². The highest BCUT2D eigenvalue weighted by molar-refractivity contribution is 5.66. The van der Waals surface area contributed by atoms with E-state index in [2.05, 4.69) is 34.6 Å². The van der Waals surface area contributed by atoms with Gasteiger partial charge in [-0.15, -0.1) is 0 Å². The first-order valence-electron chi connectivity index (χ1n) is 19.0. The Labute approximate surface area is 296 Å². The van der Waals surface area contributed by atoms with Crippen molar-refractivity contribution in [2.75, 3.05) is 39.6 Å². The maximum Gasteiger partial charge on any atom is 0.303 e. The van der Waals surface area contributed by atoms with Gasteiger partial charge in [0.1, 0.15) is 24.4 Å². The topological polar surface area (TPSA) is 100 Å². The van der Waals surface area contributed by atoms with Crippen molar-refractivity contribution in [1.29, 1.82) is 0 Å². The van der Waals surface area contributed by atoms with Crippen molar-refractivity contribution in [1.82, 2.24) is 0 Å². The lowest BCUT2D eigenvalue weighted by Crippen LogP contribution is -2.65. The van der Waals surface area contributed by atoms with E-state index < -0.39 is 42.8 Å². The summed E-state index contributed by atoms with van der Waals surface area (Å²) >= 11 is 0. The van der Waals surface area contributed by atoms with Crippen LogP contribution in [0.5, 0.6) is 0 Å². The van der Waals surface area contributed by atoms with E-state index in [-0.39, 0.29) is 24.2 Å². The molecule has 2 saturated heterocycles. The molecular weight excluding hydrogens is 628 g/mol. The Hall–Kier alpha value is -1.63. The van der Waals surface area contributed by atoms with E-state index in [4.69, 9.17) is 42.6 Å². The number of rotatable bonds is 24. The molecule has 0 saturated carbocycles. The Balaban J connectivity index is 1.92. The predicted molar refractivity (Wildman–Crippen MR) is 188 cm³/mol. The van der Waals surface area contributed by atoms with Crippen LogP contribution < -0.4 is 0 Å². The number of carbonyl (C=O) groups is 1. The fraction of sp³-hybridized carbons (Fsp3) is 0.821. The highest BCUT2D eigenvalue weighted by Crippen LogP contribution is 2.36. The molecule has 1 aromatic rings. The minimum Gasteiger partial charge on any atom is -0.454 e. The van der Waals surface area contributed by atoms with Crippen LogP contribution in [0.4, 0.5) is 0 Å². The molecule has 2 fully saturated rings. The quantitative estimate of drug-likeness (QED) is 0.0828. The Bertz CT molecular complexity index is 995. The molecular formula is C39H66O10. The summed E-state index contributed by atoms with van der Waals surface area (Å²) in [4.78, 5) is 12.6. The zero-order chi connectivity index (χ0) is 35.4. The molecule has 0 aliphatic carbocycles. The molecule has 0 amide bonds. The van der Waals surface area contributed by atoms with E-state index in [1.165, 1.54) is 6.92 Å². The van der Waals surface area contributed by atoms with Crippen molar-refractivity contribution in [3.05, 3.63) is 35.9 Å². The van der Waals surface area contributed by atoms with Gasteiger partial charge in [0.05, 0.1) is 38.1 Å². The number of unbranched alkanes of at least 4 members (excludes halogenated alkanes) is 4. The second-order valence-electron chi connectivity index (χ2n) is 13.5. The molecule has 1 aromatic carbocycles. The highest BCUT2D eigenvalue weighted by atomic mass is 16.7. The van der Waals surface area contributed by atoms with E-state index in [9.17, 15) is 4.79 Å². The first-order valence-corrected chi connectivity index (χ1v) is 19.0. The molecule has 3 rings (SSSR count). The van der Waals surface area contributed by atoms with Crippen LogP contribution in [-0.2, 0) is 54.0 Å². The molecule has 0 N–H and O–H groups in total. The second-order valence-corrected chi connectivity index (χ2v) is 13.5. The molecule has 49 heavy (non-hydrogen) atoms. The number of hydrogen-bond donors (Lipinski definition) is 0. The summed E-state index contributed by atoms with van der Waals surface area (Å²) in [5.41, 5.74) is 1.10. The van der Waals surface area contributed by atoms with Gasteiger partial charge in [-0.2, -0.15) is 0 Å². The van der Waals surface area contributed by atoms with Crippen LogP contribution in [0.2, 0.25) is 0 Å². The van der Waals surface area contributed by atoms with Gasteiger partial charge in [0.25, 0.3) is 0 Å². The van der Waals surface area contributed by atoms with Crippen LogP contribution in [-0.4, -0.2) is 101 Å². The number of benzene rings is 1. The van der Waals surface area contributed by atoms with Gasteiger partial charge >= 0.3 is 5.97 Å². The molecule has 0 aromatic heterocycles. The Kier molecular flexibility index (Phi) is 20.3. The third-order valence-electron chi connectivity index (χ3n) is 9.21. The number of carbonyl (C=O) groups excluding carboxylic acids is 1. The van der Waals surface area contributed by atoms with Crippen molar-refractivity contribution >= 4 is 5.97 Å². The summed E-state index contributed by atoms with van der Waals surface area (Å²) in [6, 6.07) is 10.1. The summed E-state index contributed by atoms with van der Waals surface area (Å²) in [6.45, 7) is 17.5. The fourth-order valence-electron chi connectivity index (χ4n) is 6.27. The number of esters is 1. The minimum absolute atomic E-state index is 0.127. The van der Waals surface area contributed by atoms with E-state index >= 15 is 0 Å². The van der Waals surface area contributed by atoms with Crippen LogP contribution in [0.15, 0.2) is 30.3 Å². The minimum atomic E-state index is -0.942. The first-order chi connectivity index (χ1) is 23.8. The third-order valence-corrected chi connectivity index (χ3v) is 9.21. The Morgan fingerprint density at radius 2 is 1.22 bits per heavy atom. The maximum absolute atomic E-state index is 12.6. The number of ether oxygens (including phenoxy) is 9. The SMILES string of the molecule is CCCCOCC1O[C@H](O[C@@H]2C(OCCCC)[C@@H](C)OC(COCc3ccccc3)[C@H]2C)C(OC(C)=O)[C@@H](OCCCC)[C@@H]1OCCCC. The van der Waals surface area contributed by atoms with Gasteiger partial charge in [-0.05, 0) is 38.2 Å². The molecule has 0 bridgehead atoms. The van der Waals surface area contributed by atoms with E-state index in [0.29, 0.717) is 46.2 Å². The molecule has 10 nitrogen and oxygen atoms in total. The van der Waals surface area contributed by atoms with E-state index in [0.717, 1.165) is 56.9 Å². The normalized spacial score (nSPS) is 30.3. The number of hydrogen-bond acceptors (Lipinski definition) is 10. The molecule has 10 heteroatoms. The highest BCUT2D eigenvalue weighted by Gasteiger charge is 2.53. The van der Waals surface area contributed by atoms with Gasteiger partial charge in [0, 0.05) is 39.3 Å². The lowest BCUT2D eigenvalue weighted by Gasteiger charge is -2.49. The van der Waals surface area contributed by atoms with Crippen molar-refractivity contribution in [3.8, 4) is 0 Å². The van der Waals surface area contributed by atoms with Gasteiger partial charge in [-0.25, -0.2) is 0 Å². The summed E-state index contributed by atoms with van der Waals surface area (Å²) in [5.74, 6) is -0.565. The molecule has 0 radical (unpaired) electrons. The second kappa shape index (κ2) is 23.8. The average molecular weight is 695 g/mol. The average Bonchev–Trinajstić information content (AvgIpc) is 3.09. The van der Waals surface area contributed by atoms with E-state index in [1.54, 1.807) is 0 Å². The van der Waals surface area contributed by atoms with Gasteiger partial charge in [-0.3, -0.25) is 4.79 Å². The standard InChI is InChI=1S/C39H66O10/c1-8-12-21-41-27-33-36(44-23-14-10-3)37(45-24-15-11-4)38(47-30(7)40)39(48-33)49-34-28(5)32(26-42-25-31-19-17-16-18-20-31)46-29(6)35(34)43-22-13-9-2/h16-20,28-29,32-39H,8-15,21-27H2,1-7H3/t28-,29-,32?,33?,34+,35?,36-,37+,38?,39-/m1/s1. The smallest absolute Gasteiger partial charge is 0.303 e. The molecule has 282 valence electrons. The summed E-state index contributed by atoms with van der Waals surface area (Å²) in [5, 5.41) is 0. The van der Waals surface area contributed by atoms with Crippen LogP contribution in [0.25, 0.3) is 0 Å². The lowest BCUT2D eigenvalue weighted by molar-refractivity contribution is -0.347. The van der Waals surface area contributed by atoms with Crippen LogP contribution >= 0.6 is 0 Å². The zero-order valence-electron chi connectivity index (χ0n) is 31.3. The van der Waals surface area contributed by atoms with Crippen molar-refractivity contribution < 1.29 is 47.4 Å². The van der Waals surface area contributed by atoms with Gasteiger partial charge in [0.2, 0.25) is 0 Å². The monoisotopic (exact) mass is 694 g/mol. The molecule has 2 aliphatic rings. The summed E-state index contributed by atoms with van der Waals surface area (Å²) in [6.07, 6.45) is 2.88. The Morgan fingerprint density at radius 3 is 1.84 bits per heavy atom. The van der Waals surface area contributed by atoms with Gasteiger partial charge in [-0.1, -0.05) is 90.6 Å². The van der Waals surface area contributed by atoms with Gasteiger partial charge in [0.15, 0.2) is 12.4 Å². The third kappa shape index (κ3) is 13.8. The predicted octanol–water partition coefficient (Wildman–Crippen LogP) is 7.04. The summed E-state index contributed by atoms with van der Waals surface area (Å²) < 4.78 is 58.0. The Morgan fingerprint density at radius 1 is 0.653 bits per heavy atom. The van der Waals surface area contributed by atoms with E-state index in [1.807, 2.05) is 37.3 Å².